The van der Waals surface area contributed by atoms with Crippen molar-refractivity contribution in [3.8, 4) is 0 Å². The summed E-state index contributed by atoms with van der Waals surface area (Å²) in [5, 5.41) is 11.6. The number of carbonyl (C=O) groups is 2. The van der Waals surface area contributed by atoms with Crippen LogP contribution in [0, 0.1) is 0 Å². The second kappa shape index (κ2) is 5.31. The Morgan fingerprint density at radius 2 is 2.14 bits per heavy atom. The first kappa shape index (κ1) is 13.8. The lowest BCUT2D eigenvalue weighted by Gasteiger charge is -2.20. The number of pyridine rings is 1. The molecule has 0 aromatic carbocycles. The van der Waals surface area contributed by atoms with Crippen LogP contribution >= 0.6 is 0 Å². The summed E-state index contributed by atoms with van der Waals surface area (Å²) in [7, 11) is 0. The van der Waals surface area contributed by atoms with E-state index in [9.17, 15) is 14.0 Å². The van der Waals surface area contributed by atoms with Crippen molar-refractivity contribution >= 4 is 17.8 Å². The molecule has 21 heavy (non-hydrogen) atoms. The van der Waals surface area contributed by atoms with E-state index in [2.05, 4.69) is 10.3 Å². The third-order valence-electron chi connectivity index (χ3n) is 3.82. The molecule has 1 aromatic rings. The number of nitrogens with zero attached hydrogens (tertiary/aromatic N) is 2. The van der Waals surface area contributed by atoms with Crippen LogP contribution < -0.4 is 5.32 Å². The molecule has 0 unspecified atom stereocenters. The van der Waals surface area contributed by atoms with Crippen LogP contribution in [0.2, 0.25) is 0 Å². The van der Waals surface area contributed by atoms with Crippen LogP contribution in [0.4, 0.5) is 15.0 Å². The molecule has 2 heterocycles. The first-order valence-corrected chi connectivity index (χ1v) is 6.96. The quantitative estimate of drug-likeness (QED) is 0.892. The Morgan fingerprint density at radius 1 is 1.38 bits per heavy atom. The average Bonchev–Trinajstić information content (AvgIpc) is 3.21. The van der Waals surface area contributed by atoms with Crippen molar-refractivity contribution in [2.45, 2.75) is 37.4 Å². The van der Waals surface area contributed by atoms with Gasteiger partial charge in [-0.15, -0.1) is 0 Å². The van der Waals surface area contributed by atoms with Gasteiger partial charge in [-0.3, -0.25) is 9.69 Å². The SMILES string of the molecule is O=C(Nc1cccc(C2CC2)n1)[C@@H]1C[C@@H](F)CN1C(=O)O. The van der Waals surface area contributed by atoms with E-state index in [1.807, 2.05) is 6.07 Å². The van der Waals surface area contributed by atoms with Crippen LogP contribution in [0.5, 0.6) is 0 Å². The molecule has 1 saturated carbocycles. The zero-order valence-corrected chi connectivity index (χ0v) is 11.3. The summed E-state index contributed by atoms with van der Waals surface area (Å²) in [6.45, 7) is -0.261. The highest BCUT2D eigenvalue weighted by molar-refractivity contribution is 5.96. The van der Waals surface area contributed by atoms with E-state index in [1.165, 1.54) is 0 Å². The topological polar surface area (TPSA) is 82.5 Å². The van der Waals surface area contributed by atoms with Gasteiger partial charge in [0.15, 0.2) is 0 Å². The number of amides is 2. The number of anilines is 1. The van der Waals surface area contributed by atoms with Crippen molar-refractivity contribution in [2.75, 3.05) is 11.9 Å². The third kappa shape index (κ3) is 2.96. The van der Waals surface area contributed by atoms with Gasteiger partial charge in [-0.1, -0.05) is 6.07 Å². The number of hydrogen-bond acceptors (Lipinski definition) is 3. The van der Waals surface area contributed by atoms with Crippen LogP contribution in [0.1, 0.15) is 30.9 Å². The standard InChI is InChI=1S/C14H16FN3O3/c15-9-6-11(18(7-9)14(20)21)13(19)17-12-3-1-2-10(16-12)8-4-5-8/h1-3,8-9,11H,4-7H2,(H,20,21)(H,16,17,19)/t9-,11+/m1/s1. The van der Waals surface area contributed by atoms with Crippen LogP contribution in [-0.4, -0.2) is 45.7 Å². The summed E-state index contributed by atoms with van der Waals surface area (Å²) in [6.07, 6.45) is -0.495. The molecule has 7 heteroatoms. The highest BCUT2D eigenvalue weighted by Gasteiger charge is 2.40. The second-order valence-corrected chi connectivity index (χ2v) is 5.49. The van der Waals surface area contributed by atoms with Gasteiger partial charge in [0.2, 0.25) is 5.91 Å². The fourth-order valence-electron chi connectivity index (χ4n) is 2.58. The lowest BCUT2D eigenvalue weighted by molar-refractivity contribution is -0.120. The summed E-state index contributed by atoms with van der Waals surface area (Å²) in [6, 6.07) is 4.36. The molecule has 1 aliphatic carbocycles. The monoisotopic (exact) mass is 293 g/mol. The largest absolute Gasteiger partial charge is 0.465 e. The van der Waals surface area contributed by atoms with Crippen LogP contribution in [0.3, 0.4) is 0 Å². The van der Waals surface area contributed by atoms with E-state index in [0.717, 1.165) is 23.4 Å². The number of alkyl halides is 1. The second-order valence-electron chi connectivity index (χ2n) is 5.49. The fourth-order valence-corrected chi connectivity index (χ4v) is 2.58. The number of carboxylic acid groups (broad SMARTS) is 1. The summed E-state index contributed by atoms with van der Waals surface area (Å²) in [5.74, 6) is 0.314. The Morgan fingerprint density at radius 3 is 2.81 bits per heavy atom. The summed E-state index contributed by atoms with van der Waals surface area (Å²) >= 11 is 0. The van der Waals surface area contributed by atoms with Crippen LogP contribution in [-0.2, 0) is 4.79 Å². The molecule has 2 N–H and O–H groups in total. The van der Waals surface area contributed by atoms with Crippen molar-refractivity contribution in [1.82, 2.24) is 9.88 Å². The Hall–Kier alpha value is -2.18. The Bertz CT molecular complexity index is 576. The van der Waals surface area contributed by atoms with Gasteiger partial charge in [0.1, 0.15) is 18.0 Å². The molecule has 3 rings (SSSR count). The first-order chi connectivity index (χ1) is 10.0. The molecule has 2 fully saturated rings. The van der Waals surface area contributed by atoms with Crippen LogP contribution in [0.15, 0.2) is 18.2 Å². The summed E-state index contributed by atoms with van der Waals surface area (Å²) in [4.78, 5) is 28.4. The highest BCUT2D eigenvalue weighted by atomic mass is 19.1. The molecule has 0 bridgehead atoms. The molecule has 0 radical (unpaired) electrons. The number of carbonyl (C=O) groups excluding carboxylic acids is 1. The minimum absolute atomic E-state index is 0.111. The van der Waals surface area contributed by atoms with E-state index < -0.39 is 24.2 Å². The van der Waals surface area contributed by atoms with Crippen molar-refractivity contribution < 1.29 is 19.1 Å². The van der Waals surface area contributed by atoms with Crippen molar-refractivity contribution in [3.63, 3.8) is 0 Å². The molecule has 0 spiro atoms. The fraction of sp³-hybridized carbons (Fsp3) is 0.500. The number of rotatable bonds is 3. The summed E-state index contributed by atoms with van der Waals surface area (Å²) < 4.78 is 13.4. The van der Waals surface area contributed by atoms with Gasteiger partial charge in [0, 0.05) is 18.0 Å². The van der Waals surface area contributed by atoms with E-state index in [0.29, 0.717) is 11.7 Å². The lowest BCUT2D eigenvalue weighted by atomic mass is 10.2. The van der Waals surface area contributed by atoms with Crippen molar-refractivity contribution in [1.29, 1.82) is 0 Å². The summed E-state index contributed by atoms with van der Waals surface area (Å²) in [5.41, 5.74) is 0.928. The van der Waals surface area contributed by atoms with Gasteiger partial charge < -0.3 is 10.4 Å². The molecule has 2 aliphatic rings. The number of nitrogens with one attached hydrogen (secondary N) is 1. The molecular weight excluding hydrogens is 277 g/mol. The van der Waals surface area contributed by atoms with E-state index >= 15 is 0 Å². The number of hydrogen-bond donors (Lipinski definition) is 2. The van der Waals surface area contributed by atoms with Gasteiger partial charge in [0.05, 0.1) is 6.54 Å². The molecule has 1 aromatic heterocycles. The normalized spacial score (nSPS) is 24.9. The number of halogens is 1. The molecule has 6 nitrogen and oxygen atoms in total. The van der Waals surface area contributed by atoms with Gasteiger partial charge in [-0.25, -0.2) is 14.2 Å². The lowest BCUT2D eigenvalue weighted by Crippen LogP contribution is -2.42. The maximum absolute atomic E-state index is 13.4. The first-order valence-electron chi connectivity index (χ1n) is 6.96. The Balaban J connectivity index is 1.70. The molecule has 1 saturated heterocycles. The number of likely N-dealkylation sites (tertiary alicyclic amines) is 1. The predicted octanol–water partition coefficient (Wildman–Crippen LogP) is 1.99. The Labute approximate surface area is 121 Å². The average molecular weight is 293 g/mol. The molecule has 1 aliphatic heterocycles. The van der Waals surface area contributed by atoms with Crippen molar-refractivity contribution in [3.05, 3.63) is 23.9 Å². The van der Waals surface area contributed by atoms with Gasteiger partial charge >= 0.3 is 6.09 Å². The van der Waals surface area contributed by atoms with Gasteiger partial charge in [0.25, 0.3) is 0 Å². The van der Waals surface area contributed by atoms with E-state index in [-0.39, 0.29) is 13.0 Å². The highest BCUT2D eigenvalue weighted by Crippen LogP contribution is 2.39. The Kier molecular flexibility index (Phi) is 3.48. The zero-order chi connectivity index (χ0) is 15.0. The zero-order valence-electron chi connectivity index (χ0n) is 11.3. The molecular formula is C14H16FN3O3. The van der Waals surface area contributed by atoms with Crippen LogP contribution in [0.25, 0.3) is 0 Å². The minimum Gasteiger partial charge on any atom is -0.465 e. The van der Waals surface area contributed by atoms with E-state index in [1.54, 1.807) is 12.1 Å². The minimum atomic E-state index is -1.30. The number of aromatic nitrogens is 1. The molecule has 2 atom stereocenters. The maximum atomic E-state index is 13.4. The molecule has 112 valence electrons. The molecule has 2 amide bonds. The predicted molar refractivity (Wildman–Crippen MR) is 72.9 cm³/mol. The maximum Gasteiger partial charge on any atom is 0.408 e. The van der Waals surface area contributed by atoms with Gasteiger partial charge in [-0.05, 0) is 25.0 Å². The van der Waals surface area contributed by atoms with Gasteiger partial charge in [-0.2, -0.15) is 0 Å². The third-order valence-corrected chi connectivity index (χ3v) is 3.82. The van der Waals surface area contributed by atoms with Crippen molar-refractivity contribution in [2.24, 2.45) is 0 Å². The smallest absolute Gasteiger partial charge is 0.408 e. The van der Waals surface area contributed by atoms with E-state index in [4.69, 9.17) is 5.11 Å².